The first-order valence-electron chi connectivity index (χ1n) is 12.7. The minimum Gasteiger partial charge on any atom is -0.381 e. The van der Waals surface area contributed by atoms with Gasteiger partial charge in [0.25, 0.3) is 0 Å². The van der Waals surface area contributed by atoms with Gasteiger partial charge in [-0.05, 0) is 31.7 Å². The minimum absolute atomic E-state index is 0.0165. The van der Waals surface area contributed by atoms with E-state index in [0.29, 0.717) is 13.0 Å². The Labute approximate surface area is 195 Å². The molecule has 7 aliphatic rings. The molecule has 0 aromatic rings. The monoisotopic (exact) mass is 463 g/mol. The molecule has 5 saturated carbocycles. The van der Waals surface area contributed by atoms with Crippen molar-refractivity contribution in [2.24, 2.45) is 28.6 Å². The summed E-state index contributed by atoms with van der Waals surface area (Å²) in [7, 11) is 5.25. The van der Waals surface area contributed by atoms with Crippen LogP contribution in [0.5, 0.6) is 0 Å². The normalized spacial score (nSPS) is 62.6. The lowest BCUT2D eigenvalue weighted by molar-refractivity contribution is -0.318. The summed E-state index contributed by atoms with van der Waals surface area (Å²) in [6.45, 7) is 5.79. The zero-order valence-electron chi connectivity index (χ0n) is 20.3. The molecular weight excluding hydrogens is 426 g/mol. The first kappa shape index (κ1) is 21.7. The van der Waals surface area contributed by atoms with Crippen LogP contribution in [0, 0.1) is 28.6 Å². The van der Waals surface area contributed by atoms with E-state index in [9.17, 15) is 9.90 Å². The van der Waals surface area contributed by atoms with Crippen molar-refractivity contribution in [1.29, 1.82) is 0 Å². The van der Waals surface area contributed by atoms with Gasteiger partial charge in [0, 0.05) is 51.5 Å². The van der Waals surface area contributed by atoms with Crippen molar-refractivity contribution < 1.29 is 33.6 Å². The standard InChI is InChI=1S/C25H37NO7/c1-6-26-11-21(2)8-7-16(30-4)23-14-9-13-15(29-3)10-22(17(14)18(13)31-5)24(19(23)26,33-12-32-22)20(27)25(21,23)28/h13-19,28H,6-12H2,1-5H3/t13-,14-,15+,16+,17-,18+,19+,21+,22-,23-,24-,25+/m1/s1. The number of ether oxygens (including phenoxy) is 5. The number of nitrogens with zero attached hydrogens (tertiary/aromatic N) is 1. The van der Waals surface area contributed by atoms with Crippen LogP contribution < -0.4 is 0 Å². The van der Waals surface area contributed by atoms with E-state index in [1.165, 1.54) is 0 Å². The average Bonchev–Trinajstić information content (AvgIpc) is 3.37. The van der Waals surface area contributed by atoms with Crippen molar-refractivity contribution in [2.45, 2.75) is 80.7 Å². The molecule has 33 heavy (non-hydrogen) atoms. The second-order valence-corrected chi connectivity index (χ2v) is 12.0. The highest BCUT2D eigenvalue weighted by Gasteiger charge is 2.98. The summed E-state index contributed by atoms with van der Waals surface area (Å²) >= 11 is 0. The number of likely N-dealkylation sites (tertiary alicyclic amines) is 1. The van der Waals surface area contributed by atoms with Crippen LogP contribution in [-0.2, 0) is 28.5 Å². The fourth-order valence-corrected chi connectivity index (χ4v) is 11.1. The highest BCUT2D eigenvalue weighted by molar-refractivity contribution is 6.04. The number of fused-ring (bicyclic) bond motifs is 1. The highest BCUT2D eigenvalue weighted by atomic mass is 16.7. The van der Waals surface area contributed by atoms with Crippen molar-refractivity contribution in [3.05, 3.63) is 0 Å². The summed E-state index contributed by atoms with van der Waals surface area (Å²) < 4.78 is 31.6. The predicted molar refractivity (Wildman–Crippen MR) is 115 cm³/mol. The Morgan fingerprint density at radius 1 is 1.18 bits per heavy atom. The Balaban J connectivity index is 1.60. The molecule has 7 rings (SSSR count). The number of ketones is 1. The van der Waals surface area contributed by atoms with Gasteiger partial charge in [-0.2, -0.15) is 0 Å². The lowest BCUT2D eigenvalue weighted by atomic mass is 9.41. The molecular formula is C25H37NO7. The molecule has 2 heterocycles. The number of carbonyl (C=O) groups is 1. The fraction of sp³-hybridized carbons (Fsp3) is 0.960. The second kappa shape index (κ2) is 6.20. The van der Waals surface area contributed by atoms with Gasteiger partial charge in [-0.15, -0.1) is 0 Å². The third-order valence-electron chi connectivity index (χ3n) is 11.8. The summed E-state index contributed by atoms with van der Waals surface area (Å²) in [5.74, 6) is -0.0127. The van der Waals surface area contributed by atoms with Gasteiger partial charge < -0.3 is 28.8 Å². The van der Waals surface area contributed by atoms with Crippen LogP contribution in [0.4, 0.5) is 0 Å². The van der Waals surface area contributed by atoms with Crippen LogP contribution in [0.3, 0.4) is 0 Å². The molecule has 3 spiro atoms. The number of aliphatic hydroxyl groups is 1. The van der Waals surface area contributed by atoms with Crippen LogP contribution in [0.25, 0.3) is 0 Å². The molecule has 2 saturated heterocycles. The Kier molecular flexibility index (Phi) is 4.07. The fourth-order valence-electron chi connectivity index (χ4n) is 11.1. The first-order valence-corrected chi connectivity index (χ1v) is 12.7. The van der Waals surface area contributed by atoms with Gasteiger partial charge in [0.15, 0.2) is 5.60 Å². The summed E-state index contributed by atoms with van der Waals surface area (Å²) in [6.07, 6.45) is 2.58. The molecule has 0 radical (unpaired) electrons. The maximum Gasteiger partial charge on any atom is 0.202 e. The second-order valence-electron chi connectivity index (χ2n) is 12.0. The Morgan fingerprint density at radius 2 is 1.97 bits per heavy atom. The van der Waals surface area contributed by atoms with E-state index in [1.807, 2.05) is 0 Å². The molecule has 5 aliphatic carbocycles. The average molecular weight is 464 g/mol. The molecule has 0 aromatic heterocycles. The van der Waals surface area contributed by atoms with Gasteiger partial charge in [-0.3, -0.25) is 9.69 Å². The summed E-state index contributed by atoms with van der Waals surface area (Å²) in [5.41, 5.74) is -4.98. The van der Waals surface area contributed by atoms with Crippen molar-refractivity contribution in [3.8, 4) is 0 Å². The summed E-state index contributed by atoms with van der Waals surface area (Å²) in [4.78, 5) is 17.3. The van der Waals surface area contributed by atoms with Gasteiger partial charge in [-0.1, -0.05) is 13.8 Å². The molecule has 7 bridgehead atoms. The molecule has 7 fully saturated rings. The van der Waals surface area contributed by atoms with Crippen LogP contribution in [0.15, 0.2) is 0 Å². The van der Waals surface area contributed by atoms with E-state index in [1.54, 1.807) is 21.3 Å². The minimum atomic E-state index is -1.53. The Morgan fingerprint density at radius 3 is 2.64 bits per heavy atom. The number of piperidine rings is 1. The highest BCUT2D eigenvalue weighted by Crippen LogP contribution is 2.82. The van der Waals surface area contributed by atoms with Crippen molar-refractivity contribution in [1.82, 2.24) is 4.90 Å². The molecule has 0 amide bonds. The molecule has 8 nitrogen and oxygen atoms in total. The van der Waals surface area contributed by atoms with Crippen LogP contribution in [0.1, 0.15) is 39.5 Å². The van der Waals surface area contributed by atoms with E-state index in [4.69, 9.17) is 23.7 Å². The molecule has 1 N–H and O–H groups in total. The van der Waals surface area contributed by atoms with Gasteiger partial charge in [0.05, 0.1) is 29.8 Å². The smallest absolute Gasteiger partial charge is 0.202 e. The van der Waals surface area contributed by atoms with E-state index < -0.39 is 27.6 Å². The van der Waals surface area contributed by atoms with Gasteiger partial charge in [0.1, 0.15) is 18.0 Å². The number of hydrogen-bond acceptors (Lipinski definition) is 8. The van der Waals surface area contributed by atoms with Crippen molar-refractivity contribution in [3.63, 3.8) is 0 Å². The van der Waals surface area contributed by atoms with Crippen molar-refractivity contribution in [2.75, 3.05) is 41.2 Å². The topological polar surface area (TPSA) is 86.7 Å². The number of methoxy groups -OCH3 is 3. The lowest BCUT2D eigenvalue weighted by Crippen LogP contribution is -2.83. The van der Waals surface area contributed by atoms with Gasteiger partial charge in [-0.25, -0.2) is 0 Å². The maximum atomic E-state index is 14.9. The number of rotatable bonds is 4. The lowest BCUT2D eigenvalue weighted by Gasteiger charge is -2.70. The number of Topliss-reactive ketones (excluding diaryl/α,β-unsaturated/α-hetero) is 1. The molecule has 12 atom stereocenters. The molecule has 184 valence electrons. The zero-order valence-corrected chi connectivity index (χ0v) is 20.3. The predicted octanol–water partition coefficient (Wildman–Crippen LogP) is 0.987. The van der Waals surface area contributed by atoms with E-state index in [0.717, 1.165) is 25.8 Å². The quantitative estimate of drug-likeness (QED) is 0.661. The van der Waals surface area contributed by atoms with Crippen LogP contribution >= 0.6 is 0 Å². The van der Waals surface area contributed by atoms with Crippen LogP contribution in [-0.4, -0.2) is 98.2 Å². The third-order valence-corrected chi connectivity index (χ3v) is 11.8. The van der Waals surface area contributed by atoms with E-state index in [-0.39, 0.29) is 54.7 Å². The largest absolute Gasteiger partial charge is 0.381 e. The third kappa shape index (κ3) is 1.75. The van der Waals surface area contributed by atoms with E-state index >= 15 is 0 Å². The Hall–Kier alpha value is -0.610. The first-order chi connectivity index (χ1) is 15.8. The SMILES string of the molecule is CCN1C[C@]2(C)CC[C@H](OC)[C@@]34[C@@H]5C[C@H]6[C@H](OC)[C@@H]5[C@@]5(C[C@@H]6OC)OCO[C@@]5(C(=O)[C@]23O)[C@@H]14. The molecule has 8 heteroatoms. The number of carbonyl (C=O) groups excluding carboxylic acids is 1. The number of likely N-dealkylation sites (N-methyl/N-ethyl adjacent to an activating group) is 1. The van der Waals surface area contributed by atoms with Gasteiger partial charge in [0.2, 0.25) is 5.78 Å². The van der Waals surface area contributed by atoms with Gasteiger partial charge >= 0.3 is 0 Å². The molecule has 2 aliphatic heterocycles. The molecule has 0 unspecified atom stereocenters. The molecule has 0 aromatic carbocycles. The zero-order chi connectivity index (χ0) is 23.2. The maximum absolute atomic E-state index is 14.9. The van der Waals surface area contributed by atoms with E-state index in [2.05, 4.69) is 18.7 Å². The van der Waals surface area contributed by atoms with Crippen LogP contribution in [0.2, 0.25) is 0 Å². The Bertz CT molecular complexity index is 915. The van der Waals surface area contributed by atoms with Crippen molar-refractivity contribution >= 4 is 5.78 Å². The summed E-state index contributed by atoms with van der Waals surface area (Å²) in [5, 5.41) is 12.9. The summed E-state index contributed by atoms with van der Waals surface area (Å²) in [6, 6.07) is -0.290. The number of hydrogen-bond donors (Lipinski definition) is 1.